The Hall–Kier alpha value is -2.57. The number of alkyl carbamates (subject to hydrolysis) is 1. The molecule has 0 saturated heterocycles. The summed E-state index contributed by atoms with van der Waals surface area (Å²) >= 11 is 0. The number of benzene rings is 1. The normalized spacial score (nSPS) is 12.9. The number of esters is 1. The molecule has 1 aromatic rings. The van der Waals surface area contributed by atoms with E-state index < -0.39 is 23.7 Å². The van der Waals surface area contributed by atoms with Crippen molar-refractivity contribution in [2.45, 2.75) is 51.9 Å². The quantitative estimate of drug-likeness (QED) is 0.456. The van der Waals surface area contributed by atoms with Gasteiger partial charge in [-0.3, -0.25) is 9.79 Å². The molecule has 1 rings (SSSR count). The molecule has 1 amide bonds. The van der Waals surface area contributed by atoms with Crippen molar-refractivity contribution in [1.29, 1.82) is 0 Å². The van der Waals surface area contributed by atoms with Crippen molar-refractivity contribution < 1.29 is 23.8 Å². The summed E-state index contributed by atoms with van der Waals surface area (Å²) in [7, 11) is 3.07. The van der Waals surface area contributed by atoms with Gasteiger partial charge in [-0.25, -0.2) is 4.79 Å². The topological polar surface area (TPSA) is 86.2 Å². The van der Waals surface area contributed by atoms with Crippen LogP contribution in [0.25, 0.3) is 0 Å². The fourth-order valence-corrected chi connectivity index (χ4v) is 2.12. The van der Waals surface area contributed by atoms with E-state index in [4.69, 9.17) is 14.2 Å². The molecule has 7 heteroatoms. The Labute approximate surface area is 154 Å². The number of carbonyl (C=O) groups excluding carboxylic acids is 2. The predicted octanol–water partition coefficient (Wildman–Crippen LogP) is 3.08. The molecule has 0 fully saturated rings. The molecule has 1 unspecified atom stereocenters. The Morgan fingerprint density at radius 3 is 2.35 bits per heavy atom. The summed E-state index contributed by atoms with van der Waals surface area (Å²) in [4.78, 5) is 28.2. The fraction of sp³-hybridized carbons (Fsp3) is 0.526. The molecule has 26 heavy (non-hydrogen) atoms. The fourth-order valence-electron chi connectivity index (χ4n) is 2.12. The first-order chi connectivity index (χ1) is 12.2. The van der Waals surface area contributed by atoms with E-state index in [-0.39, 0.29) is 19.4 Å². The third kappa shape index (κ3) is 9.05. The predicted molar refractivity (Wildman–Crippen MR) is 99.0 cm³/mol. The molecule has 0 aromatic heterocycles. The highest BCUT2D eigenvalue weighted by Crippen LogP contribution is 2.10. The van der Waals surface area contributed by atoms with Gasteiger partial charge in [0.15, 0.2) is 5.90 Å². The number of amides is 1. The SMILES string of the molecule is CN=C(CC(CC(=O)OCc1ccccc1)NC(=O)OC(C)(C)C)OC. The minimum atomic E-state index is -0.634. The van der Waals surface area contributed by atoms with E-state index in [9.17, 15) is 9.59 Å². The highest BCUT2D eigenvalue weighted by Gasteiger charge is 2.23. The molecule has 1 N–H and O–H groups in total. The highest BCUT2D eigenvalue weighted by atomic mass is 16.6. The second kappa shape index (κ2) is 10.4. The Morgan fingerprint density at radius 2 is 1.81 bits per heavy atom. The van der Waals surface area contributed by atoms with Crippen LogP contribution in [0.5, 0.6) is 0 Å². The van der Waals surface area contributed by atoms with Crippen LogP contribution in [0.3, 0.4) is 0 Å². The van der Waals surface area contributed by atoms with Gasteiger partial charge in [-0.05, 0) is 26.3 Å². The molecule has 0 saturated carbocycles. The number of rotatable bonds is 7. The van der Waals surface area contributed by atoms with Crippen molar-refractivity contribution in [3.8, 4) is 0 Å². The van der Waals surface area contributed by atoms with Crippen molar-refractivity contribution in [3.63, 3.8) is 0 Å². The van der Waals surface area contributed by atoms with Crippen LogP contribution < -0.4 is 5.32 Å². The lowest BCUT2D eigenvalue weighted by atomic mass is 10.1. The maximum absolute atomic E-state index is 12.2. The number of ether oxygens (including phenoxy) is 3. The number of aliphatic imine (C=N–C) groups is 1. The first kappa shape index (κ1) is 21.5. The van der Waals surface area contributed by atoms with E-state index in [0.29, 0.717) is 5.90 Å². The minimum absolute atomic E-state index is 0.0194. The number of nitrogens with one attached hydrogen (secondary N) is 1. The van der Waals surface area contributed by atoms with Gasteiger partial charge in [-0.2, -0.15) is 0 Å². The second-order valence-corrected chi connectivity index (χ2v) is 6.72. The van der Waals surface area contributed by atoms with E-state index in [1.807, 2.05) is 30.3 Å². The average molecular weight is 364 g/mol. The molecular weight excluding hydrogens is 336 g/mol. The summed E-state index contributed by atoms with van der Waals surface area (Å²) in [5.74, 6) is -0.0108. The van der Waals surface area contributed by atoms with Crippen molar-refractivity contribution >= 4 is 18.0 Å². The van der Waals surface area contributed by atoms with E-state index in [0.717, 1.165) is 5.56 Å². The number of carbonyl (C=O) groups is 2. The zero-order valence-electron chi connectivity index (χ0n) is 16.1. The number of hydrogen-bond donors (Lipinski definition) is 1. The summed E-state index contributed by atoms with van der Waals surface area (Å²) in [5.41, 5.74) is 0.260. The lowest BCUT2D eigenvalue weighted by Gasteiger charge is -2.23. The Morgan fingerprint density at radius 1 is 1.15 bits per heavy atom. The van der Waals surface area contributed by atoms with Crippen LogP contribution in [0.1, 0.15) is 39.2 Å². The van der Waals surface area contributed by atoms with Crippen LogP contribution >= 0.6 is 0 Å². The van der Waals surface area contributed by atoms with Gasteiger partial charge in [0.05, 0.1) is 19.6 Å². The van der Waals surface area contributed by atoms with Crippen molar-refractivity contribution in [1.82, 2.24) is 5.32 Å². The minimum Gasteiger partial charge on any atom is -0.484 e. The van der Waals surface area contributed by atoms with E-state index in [2.05, 4.69) is 10.3 Å². The molecule has 1 atom stereocenters. The molecule has 1 aromatic carbocycles. The Kier molecular flexibility index (Phi) is 8.61. The lowest BCUT2D eigenvalue weighted by molar-refractivity contribution is -0.145. The molecule has 7 nitrogen and oxygen atoms in total. The van der Waals surface area contributed by atoms with E-state index in [1.165, 1.54) is 7.11 Å². The number of methoxy groups -OCH3 is 1. The average Bonchev–Trinajstić information content (AvgIpc) is 2.56. The first-order valence-corrected chi connectivity index (χ1v) is 8.42. The van der Waals surface area contributed by atoms with Gasteiger partial charge in [0, 0.05) is 13.5 Å². The maximum atomic E-state index is 12.2. The monoisotopic (exact) mass is 364 g/mol. The molecule has 0 aliphatic rings. The molecular formula is C19H28N2O5. The van der Waals surface area contributed by atoms with E-state index in [1.54, 1.807) is 27.8 Å². The van der Waals surface area contributed by atoms with Gasteiger partial charge in [-0.1, -0.05) is 30.3 Å². The molecule has 0 bridgehead atoms. The summed E-state index contributed by atoms with van der Waals surface area (Å²) < 4.78 is 15.7. The standard InChI is InChI=1S/C19H28N2O5/c1-19(2,3)26-18(23)21-15(11-16(20-4)24-5)12-17(22)25-13-14-9-7-6-8-10-14/h6-10,15H,11-13H2,1-5H3,(H,21,23). The van der Waals surface area contributed by atoms with E-state index >= 15 is 0 Å². The number of hydrogen-bond acceptors (Lipinski definition) is 6. The summed E-state index contributed by atoms with van der Waals surface area (Å²) in [6.07, 6.45) is -0.369. The Balaban J connectivity index is 2.65. The van der Waals surface area contributed by atoms with Crippen molar-refractivity contribution in [3.05, 3.63) is 35.9 Å². The van der Waals surface area contributed by atoms with Gasteiger partial charge < -0.3 is 19.5 Å². The van der Waals surface area contributed by atoms with Gasteiger partial charge in [-0.15, -0.1) is 0 Å². The molecule has 0 spiro atoms. The largest absolute Gasteiger partial charge is 0.484 e. The zero-order chi connectivity index (χ0) is 19.6. The third-order valence-corrected chi connectivity index (χ3v) is 3.28. The van der Waals surface area contributed by atoms with Gasteiger partial charge >= 0.3 is 12.1 Å². The molecule has 0 heterocycles. The van der Waals surface area contributed by atoms with Crippen molar-refractivity contribution in [2.24, 2.45) is 4.99 Å². The van der Waals surface area contributed by atoms with Gasteiger partial charge in [0.25, 0.3) is 0 Å². The maximum Gasteiger partial charge on any atom is 0.407 e. The summed E-state index contributed by atoms with van der Waals surface area (Å²) in [5, 5.41) is 2.68. The third-order valence-electron chi connectivity index (χ3n) is 3.28. The summed E-state index contributed by atoms with van der Waals surface area (Å²) in [6.45, 7) is 5.48. The van der Waals surface area contributed by atoms with Gasteiger partial charge in [0.1, 0.15) is 12.2 Å². The molecule has 144 valence electrons. The summed E-state index contributed by atoms with van der Waals surface area (Å²) in [6, 6.07) is 8.83. The van der Waals surface area contributed by atoms with Crippen molar-refractivity contribution in [2.75, 3.05) is 14.2 Å². The number of nitrogens with zero attached hydrogens (tertiary/aromatic N) is 1. The first-order valence-electron chi connectivity index (χ1n) is 8.42. The molecule has 0 aliphatic carbocycles. The highest BCUT2D eigenvalue weighted by molar-refractivity contribution is 5.79. The molecule has 0 radical (unpaired) electrons. The molecule has 0 aliphatic heterocycles. The van der Waals surface area contributed by atoms with Crippen LogP contribution in [-0.4, -0.2) is 43.8 Å². The second-order valence-electron chi connectivity index (χ2n) is 6.72. The zero-order valence-corrected chi connectivity index (χ0v) is 16.1. The van der Waals surface area contributed by atoms with Crippen LogP contribution in [0.2, 0.25) is 0 Å². The van der Waals surface area contributed by atoms with Gasteiger partial charge in [0.2, 0.25) is 0 Å². The van der Waals surface area contributed by atoms with Crippen LogP contribution in [0, 0.1) is 0 Å². The Bertz CT molecular complexity index is 608. The smallest absolute Gasteiger partial charge is 0.407 e. The van der Waals surface area contributed by atoms with Crippen LogP contribution in [0.15, 0.2) is 35.3 Å². The van der Waals surface area contributed by atoms with Crippen LogP contribution in [-0.2, 0) is 25.6 Å². The lowest BCUT2D eigenvalue weighted by Crippen LogP contribution is -2.41. The van der Waals surface area contributed by atoms with Crippen LogP contribution in [0.4, 0.5) is 4.79 Å².